The quantitative estimate of drug-likeness (QED) is 0.114. The number of carbonyl (C=O) groups excluding carboxylic acids is 1. The van der Waals surface area contributed by atoms with E-state index in [-0.39, 0.29) is 32.5 Å². The zero-order valence-electron chi connectivity index (χ0n) is 22.5. The lowest BCUT2D eigenvalue weighted by molar-refractivity contribution is -0.330. The molecule has 1 saturated carbocycles. The molecule has 40 heavy (non-hydrogen) atoms. The van der Waals surface area contributed by atoms with Gasteiger partial charge < -0.3 is 82.5 Å². The van der Waals surface area contributed by atoms with Gasteiger partial charge in [0.2, 0.25) is 5.91 Å². The molecule has 0 aromatic rings. The number of ether oxygens (including phenoxy) is 4. The van der Waals surface area contributed by atoms with Crippen molar-refractivity contribution >= 4 is 5.91 Å². The molecule has 2 heterocycles. The third kappa shape index (κ3) is 7.08. The van der Waals surface area contributed by atoms with Crippen LogP contribution in [0, 0.1) is 0 Å². The van der Waals surface area contributed by atoms with Crippen LogP contribution in [-0.2, 0) is 23.7 Å². The number of nitrogens with two attached hydrogens (primary N) is 3. The molecule has 17 heteroatoms. The van der Waals surface area contributed by atoms with Gasteiger partial charge in [-0.15, -0.1) is 0 Å². The Morgan fingerprint density at radius 2 is 1.68 bits per heavy atom. The van der Waals surface area contributed by atoms with Gasteiger partial charge in [0.1, 0.15) is 60.5 Å². The number of amides is 1. The highest BCUT2D eigenvalue weighted by Crippen LogP contribution is 2.32. The predicted molar refractivity (Wildman–Crippen MR) is 135 cm³/mol. The van der Waals surface area contributed by atoms with Gasteiger partial charge in [-0.1, -0.05) is 0 Å². The van der Waals surface area contributed by atoms with Crippen molar-refractivity contribution in [3.05, 3.63) is 0 Å². The van der Waals surface area contributed by atoms with Crippen molar-refractivity contribution in [1.29, 1.82) is 0 Å². The highest BCUT2D eigenvalue weighted by Gasteiger charge is 2.53. The van der Waals surface area contributed by atoms with E-state index < -0.39 is 97.1 Å². The van der Waals surface area contributed by atoms with Gasteiger partial charge in [-0.2, -0.15) is 0 Å². The zero-order valence-corrected chi connectivity index (χ0v) is 22.5. The third-order valence-corrected chi connectivity index (χ3v) is 7.71. The van der Waals surface area contributed by atoms with Crippen molar-refractivity contribution in [2.75, 3.05) is 26.7 Å². The van der Waals surface area contributed by atoms with E-state index in [9.17, 15) is 40.5 Å². The first-order valence-corrected chi connectivity index (χ1v) is 13.3. The fraction of sp³-hybridized carbons (Fsp3) is 0.957. The number of aliphatic hydroxyl groups excluding tert-OH is 6. The summed E-state index contributed by atoms with van der Waals surface area (Å²) in [7, 11) is 1.53. The Balaban J connectivity index is 1.84. The molecule has 0 radical (unpaired) electrons. The highest BCUT2D eigenvalue weighted by atomic mass is 16.7. The Hall–Kier alpha value is -1.13. The van der Waals surface area contributed by atoms with Gasteiger partial charge in [-0.3, -0.25) is 4.79 Å². The second-order valence-electron chi connectivity index (χ2n) is 10.8. The van der Waals surface area contributed by atoms with Crippen LogP contribution in [0.1, 0.15) is 19.8 Å². The van der Waals surface area contributed by atoms with Crippen LogP contribution >= 0.6 is 0 Å². The molecule has 234 valence electrons. The summed E-state index contributed by atoms with van der Waals surface area (Å²) in [5.74, 6) is -0.794. The van der Waals surface area contributed by atoms with E-state index >= 15 is 0 Å². The van der Waals surface area contributed by atoms with Gasteiger partial charge in [-0.25, -0.2) is 0 Å². The number of hydrogen-bond acceptors (Lipinski definition) is 16. The lowest BCUT2D eigenvalue weighted by atomic mass is 9.83. The summed E-state index contributed by atoms with van der Waals surface area (Å²) in [5, 5.41) is 79.0. The summed E-state index contributed by atoms with van der Waals surface area (Å²) in [5.41, 5.74) is 15.9. The minimum Gasteiger partial charge on any atom is -0.388 e. The molecule has 0 spiro atoms. The van der Waals surface area contributed by atoms with Gasteiger partial charge in [0.25, 0.3) is 0 Å². The maximum Gasteiger partial charge on any atom is 0.249 e. The number of carbonyl (C=O) groups is 1. The normalized spacial score (nSPS) is 47.0. The molecule has 1 aliphatic carbocycles. The van der Waals surface area contributed by atoms with Gasteiger partial charge in [0, 0.05) is 12.6 Å². The van der Waals surface area contributed by atoms with E-state index in [4.69, 9.17) is 36.1 Å². The fourth-order valence-corrected chi connectivity index (χ4v) is 5.40. The van der Waals surface area contributed by atoms with Crippen LogP contribution in [0.2, 0.25) is 0 Å². The Morgan fingerprint density at radius 1 is 1.02 bits per heavy atom. The topological polar surface area (TPSA) is 298 Å². The molecule has 15 unspecified atom stereocenters. The lowest BCUT2D eigenvalue weighted by Gasteiger charge is -2.49. The van der Waals surface area contributed by atoms with E-state index in [1.807, 2.05) is 0 Å². The monoisotopic (exact) mass is 583 g/mol. The van der Waals surface area contributed by atoms with Gasteiger partial charge in [-0.05, 0) is 33.4 Å². The number of aliphatic hydroxyl groups is 7. The fourth-order valence-electron chi connectivity index (χ4n) is 5.40. The lowest BCUT2D eigenvalue weighted by Crippen LogP contribution is -2.70. The SMILES string of the molecule is CNC1C(O)C(OC2C(NC(=O)C(O)CCN)CC(N)C(OC3OC(CN)C(O)C(O)C3O)C2O)OCC1(C)O. The summed E-state index contributed by atoms with van der Waals surface area (Å²) in [4.78, 5) is 12.6. The van der Waals surface area contributed by atoms with Gasteiger partial charge >= 0.3 is 0 Å². The number of nitrogens with one attached hydrogen (secondary N) is 2. The Morgan fingerprint density at radius 3 is 2.27 bits per heavy atom. The number of likely N-dealkylation sites (N-methyl/N-ethyl adjacent to an activating group) is 1. The van der Waals surface area contributed by atoms with Crippen molar-refractivity contribution < 1.29 is 59.5 Å². The molecule has 15 N–H and O–H groups in total. The van der Waals surface area contributed by atoms with Crippen LogP contribution in [-0.4, -0.2) is 160 Å². The van der Waals surface area contributed by atoms with Gasteiger partial charge in [0.15, 0.2) is 12.6 Å². The molecule has 0 aromatic carbocycles. The molecule has 3 aliphatic rings. The van der Waals surface area contributed by atoms with Crippen molar-refractivity contribution in [3.8, 4) is 0 Å². The van der Waals surface area contributed by atoms with E-state index in [0.717, 1.165) is 0 Å². The molecule has 3 fully saturated rings. The first kappa shape index (κ1) is 33.4. The second-order valence-corrected chi connectivity index (χ2v) is 10.8. The van der Waals surface area contributed by atoms with Crippen LogP contribution < -0.4 is 27.8 Å². The Kier molecular flexibility index (Phi) is 11.6. The van der Waals surface area contributed by atoms with Crippen LogP contribution in [0.15, 0.2) is 0 Å². The van der Waals surface area contributed by atoms with Crippen LogP contribution in [0.25, 0.3) is 0 Å². The standard InChI is InChI=1S/C23H45N5O12/c1-23(36)7-37-21(16(34)19(23)27-2)40-18-9(28-20(35)10(29)3-4-24)5-8(26)17(15(18)33)39-22-14(32)13(31)12(30)11(6-25)38-22/h8-19,21-22,27,29-34,36H,3-7,24-26H2,1-2H3,(H,28,35). The third-order valence-electron chi connectivity index (χ3n) is 7.71. The summed E-state index contributed by atoms with van der Waals surface area (Å²) in [6, 6.07) is -2.89. The van der Waals surface area contributed by atoms with E-state index in [0.29, 0.717) is 0 Å². The van der Waals surface area contributed by atoms with Crippen LogP contribution in [0.3, 0.4) is 0 Å². The van der Waals surface area contributed by atoms with Crippen molar-refractivity contribution in [1.82, 2.24) is 10.6 Å². The second kappa shape index (κ2) is 13.9. The largest absolute Gasteiger partial charge is 0.388 e. The number of rotatable bonds is 10. The van der Waals surface area contributed by atoms with Crippen molar-refractivity contribution in [3.63, 3.8) is 0 Å². The molecule has 0 aromatic heterocycles. The molecule has 17 nitrogen and oxygen atoms in total. The summed E-state index contributed by atoms with van der Waals surface area (Å²) >= 11 is 0. The maximum atomic E-state index is 12.6. The van der Waals surface area contributed by atoms with Crippen molar-refractivity contribution in [2.45, 2.75) is 111 Å². The molecule has 0 bridgehead atoms. The molecule has 2 aliphatic heterocycles. The summed E-state index contributed by atoms with van der Waals surface area (Å²) in [6.07, 6.45) is -16.1. The average Bonchev–Trinajstić information content (AvgIpc) is 2.89. The Labute approximate surface area is 231 Å². The minimum atomic E-state index is -1.72. The van der Waals surface area contributed by atoms with E-state index in [1.54, 1.807) is 0 Å². The molecule has 2 saturated heterocycles. The molecular formula is C23H45N5O12. The van der Waals surface area contributed by atoms with Crippen LogP contribution in [0.4, 0.5) is 0 Å². The van der Waals surface area contributed by atoms with E-state index in [2.05, 4.69) is 10.6 Å². The van der Waals surface area contributed by atoms with Gasteiger partial charge in [0.05, 0.1) is 18.7 Å². The molecule has 1 amide bonds. The van der Waals surface area contributed by atoms with Crippen LogP contribution in [0.5, 0.6) is 0 Å². The first-order valence-electron chi connectivity index (χ1n) is 13.3. The predicted octanol–water partition coefficient (Wildman–Crippen LogP) is -7.13. The van der Waals surface area contributed by atoms with Crippen molar-refractivity contribution in [2.24, 2.45) is 17.2 Å². The highest BCUT2D eigenvalue weighted by molar-refractivity contribution is 5.80. The zero-order chi connectivity index (χ0) is 29.9. The molecular weight excluding hydrogens is 538 g/mol. The minimum absolute atomic E-state index is 0.0266. The molecule has 3 rings (SSSR count). The Bertz CT molecular complexity index is 827. The summed E-state index contributed by atoms with van der Waals surface area (Å²) < 4.78 is 22.8. The molecule has 15 atom stereocenters. The van der Waals surface area contributed by atoms with E-state index in [1.165, 1.54) is 14.0 Å². The first-order chi connectivity index (χ1) is 18.8. The average molecular weight is 584 g/mol. The maximum absolute atomic E-state index is 12.6. The number of hydrogen-bond donors (Lipinski definition) is 12. The smallest absolute Gasteiger partial charge is 0.249 e. The summed E-state index contributed by atoms with van der Waals surface area (Å²) in [6.45, 7) is 1.06.